The van der Waals surface area contributed by atoms with Gasteiger partial charge in [0.15, 0.2) is 5.82 Å². The Kier molecular flexibility index (Phi) is 2.56. The molecular weight excluding hydrogens is 242 g/mol. The van der Waals surface area contributed by atoms with E-state index in [2.05, 4.69) is 15.1 Å². The summed E-state index contributed by atoms with van der Waals surface area (Å²) < 4.78 is 6.99. The molecule has 0 radical (unpaired) electrons. The highest BCUT2D eigenvalue weighted by Crippen LogP contribution is 2.25. The van der Waals surface area contributed by atoms with Crippen molar-refractivity contribution in [3.05, 3.63) is 36.2 Å². The van der Waals surface area contributed by atoms with Crippen LogP contribution in [0.25, 0.3) is 16.7 Å². The first kappa shape index (κ1) is 11.5. The van der Waals surface area contributed by atoms with Crippen molar-refractivity contribution in [2.24, 2.45) is 0 Å². The van der Waals surface area contributed by atoms with E-state index in [0.717, 1.165) is 22.3 Å². The van der Waals surface area contributed by atoms with Gasteiger partial charge in [-0.05, 0) is 19.1 Å². The lowest BCUT2D eigenvalue weighted by atomic mass is 10.2. The summed E-state index contributed by atoms with van der Waals surface area (Å²) in [5.74, 6) is 1.64. The molecule has 2 N–H and O–H groups in total. The molecule has 0 bridgehead atoms. The fourth-order valence-corrected chi connectivity index (χ4v) is 2.03. The molecule has 3 aromatic rings. The topological polar surface area (TPSA) is 78.8 Å². The minimum atomic E-state index is 0.224. The summed E-state index contributed by atoms with van der Waals surface area (Å²) in [6.45, 7) is 1.95. The van der Waals surface area contributed by atoms with Crippen LogP contribution in [-0.2, 0) is 0 Å². The van der Waals surface area contributed by atoms with Gasteiger partial charge in [0.25, 0.3) is 0 Å². The second-order valence-electron chi connectivity index (χ2n) is 4.15. The molecule has 6 nitrogen and oxygen atoms in total. The van der Waals surface area contributed by atoms with Gasteiger partial charge < -0.3 is 10.5 Å². The van der Waals surface area contributed by atoms with E-state index in [1.807, 2.05) is 25.1 Å². The Labute approximate surface area is 109 Å². The lowest BCUT2D eigenvalue weighted by Crippen LogP contribution is -2.03. The first-order valence-corrected chi connectivity index (χ1v) is 5.81. The van der Waals surface area contributed by atoms with Gasteiger partial charge in [-0.3, -0.25) is 0 Å². The number of nitrogens with zero attached hydrogens (tertiary/aromatic N) is 4. The number of ether oxygens (including phenoxy) is 1. The van der Waals surface area contributed by atoms with Crippen molar-refractivity contribution in [2.45, 2.75) is 6.92 Å². The Bertz CT molecular complexity index is 750. The second-order valence-corrected chi connectivity index (χ2v) is 4.15. The van der Waals surface area contributed by atoms with E-state index in [1.54, 1.807) is 24.1 Å². The van der Waals surface area contributed by atoms with Gasteiger partial charge in [0.1, 0.15) is 5.75 Å². The highest BCUT2D eigenvalue weighted by atomic mass is 16.5. The molecule has 0 amide bonds. The molecule has 0 aliphatic heterocycles. The Morgan fingerprint density at radius 2 is 2.11 bits per heavy atom. The minimum Gasteiger partial charge on any atom is -0.497 e. The van der Waals surface area contributed by atoms with Crippen molar-refractivity contribution >= 4 is 16.9 Å². The van der Waals surface area contributed by atoms with Gasteiger partial charge in [0.05, 0.1) is 18.3 Å². The summed E-state index contributed by atoms with van der Waals surface area (Å²) in [7, 11) is 1.64. The summed E-state index contributed by atoms with van der Waals surface area (Å²) in [5.41, 5.74) is 7.47. The smallest absolute Gasteiger partial charge is 0.221 e. The maximum absolute atomic E-state index is 5.61. The van der Waals surface area contributed by atoms with Crippen LogP contribution in [0.5, 0.6) is 5.75 Å². The van der Waals surface area contributed by atoms with E-state index in [4.69, 9.17) is 10.5 Å². The molecule has 0 saturated heterocycles. The molecule has 3 rings (SSSR count). The Balaban J connectivity index is 2.28. The number of nitrogens with two attached hydrogens (primary N) is 1. The van der Waals surface area contributed by atoms with Crippen molar-refractivity contribution in [2.75, 3.05) is 12.8 Å². The molecule has 96 valence electrons. The molecule has 0 fully saturated rings. The van der Waals surface area contributed by atoms with E-state index in [-0.39, 0.29) is 5.95 Å². The number of nitrogen functional groups attached to an aromatic ring is 1. The molecule has 19 heavy (non-hydrogen) atoms. The monoisotopic (exact) mass is 255 g/mol. The zero-order valence-corrected chi connectivity index (χ0v) is 10.7. The summed E-state index contributed by atoms with van der Waals surface area (Å²) in [6, 6.07) is 7.59. The third kappa shape index (κ3) is 1.87. The molecule has 2 heterocycles. The predicted octanol–water partition coefficient (Wildman–Crippen LogP) is 1.71. The second kappa shape index (κ2) is 4.24. The maximum Gasteiger partial charge on any atom is 0.221 e. The fraction of sp³-hybridized carbons (Fsp3) is 0.154. The highest BCUT2D eigenvalue weighted by molar-refractivity contribution is 5.84. The van der Waals surface area contributed by atoms with Crippen LogP contribution in [0.15, 0.2) is 30.5 Å². The summed E-state index contributed by atoms with van der Waals surface area (Å²) in [5, 5.41) is 5.55. The van der Waals surface area contributed by atoms with E-state index < -0.39 is 0 Å². The van der Waals surface area contributed by atoms with Crippen LogP contribution in [-0.4, -0.2) is 26.9 Å². The molecule has 0 aliphatic rings. The molecule has 0 aliphatic carbocycles. The lowest BCUT2D eigenvalue weighted by Gasteiger charge is -2.04. The number of fused-ring (bicyclic) bond motifs is 1. The number of hydrogen-bond acceptors (Lipinski definition) is 5. The average Bonchev–Trinajstić information content (AvgIpc) is 2.75. The molecule has 6 heteroatoms. The number of aryl methyl sites for hydroxylation is 1. The third-order valence-electron chi connectivity index (χ3n) is 2.95. The van der Waals surface area contributed by atoms with Crippen molar-refractivity contribution in [1.82, 2.24) is 19.7 Å². The van der Waals surface area contributed by atoms with Crippen molar-refractivity contribution in [3.8, 4) is 11.6 Å². The van der Waals surface area contributed by atoms with Gasteiger partial charge in [0, 0.05) is 23.7 Å². The Morgan fingerprint density at radius 1 is 1.26 bits per heavy atom. The van der Waals surface area contributed by atoms with Gasteiger partial charge in [-0.2, -0.15) is 10.1 Å². The molecule has 0 saturated carbocycles. The number of aromatic nitrogens is 4. The van der Waals surface area contributed by atoms with Crippen LogP contribution in [0.3, 0.4) is 0 Å². The third-order valence-corrected chi connectivity index (χ3v) is 2.95. The van der Waals surface area contributed by atoms with Crippen LogP contribution in [0.4, 0.5) is 5.95 Å². The quantitative estimate of drug-likeness (QED) is 0.754. The number of anilines is 1. The predicted molar refractivity (Wildman–Crippen MR) is 72.4 cm³/mol. The fourth-order valence-electron chi connectivity index (χ4n) is 2.03. The first-order chi connectivity index (χ1) is 9.19. The van der Waals surface area contributed by atoms with Gasteiger partial charge in [0.2, 0.25) is 5.95 Å². The summed E-state index contributed by atoms with van der Waals surface area (Å²) in [4.78, 5) is 8.08. The maximum atomic E-state index is 5.61. The van der Waals surface area contributed by atoms with Crippen LogP contribution in [0.2, 0.25) is 0 Å². The number of hydrogen-bond donors (Lipinski definition) is 1. The Hall–Kier alpha value is -2.63. The minimum absolute atomic E-state index is 0.224. The molecule has 0 spiro atoms. The molecule has 0 atom stereocenters. The van der Waals surface area contributed by atoms with Gasteiger partial charge in [-0.1, -0.05) is 0 Å². The highest BCUT2D eigenvalue weighted by Gasteiger charge is 2.11. The molecule has 1 aromatic carbocycles. The Morgan fingerprint density at radius 3 is 2.84 bits per heavy atom. The number of benzene rings is 1. The van der Waals surface area contributed by atoms with Crippen molar-refractivity contribution < 1.29 is 4.74 Å². The van der Waals surface area contributed by atoms with Crippen LogP contribution in [0.1, 0.15) is 5.69 Å². The first-order valence-electron chi connectivity index (χ1n) is 5.81. The average molecular weight is 255 g/mol. The summed E-state index contributed by atoms with van der Waals surface area (Å²) >= 11 is 0. The van der Waals surface area contributed by atoms with Crippen LogP contribution in [0, 0.1) is 6.92 Å². The van der Waals surface area contributed by atoms with E-state index >= 15 is 0 Å². The van der Waals surface area contributed by atoms with Gasteiger partial charge in [-0.15, -0.1) is 0 Å². The van der Waals surface area contributed by atoms with Crippen molar-refractivity contribution in [3.63, 3.8) is 0 Å². The van der Waals surface area contributed by atoms with Gasteiger partial charge in [-0.25, -0.2) is 9.67 Å². The normalized spacial score (nSPS) is 10.8. The van der Waals surface area contributed by atoms with Crippen LogP contribution < -0.4 is 10.5 Å². The number of rotatable bonds is 2. The van der Waals surface area contributed by atoms with E-state index in [9.17, 15) is 0 Å². The van der Waals surface area contributed by atoms with E-state index in [0.29, 0.717) is 5.82 Å². The largest absolute Gasteiger partial charge is 0.497 e. The zero-order valence-electron chi connectivity index (χ0n) is 10.7. The molecular formula is C13H13N5O. The van der Waals surface area contributed by atoms with Crippen LogP contribution >= 0.6 is 0 Å². The lowest BCUT2D eigenvalue weighted by molar-refractivity contribution is 0.415. The molecule has 0 unspecified atom stereocenters. The SMILES string of the molecule is COc1ccc2c(C)nn(-c3ccnc(N)n3)c2c1. The number of methoxy groups -OCH3 is 1. The standard InChI is InChI=1S/C13H13N5O/c1-8-10-4-3-9(19-2)7-11(10)18(17-8)12-5-6-15-13(14)16-12/h3-7H,1-2H3,(H2,14,15,16). The van der Waals surface area contributed by atoms with E-state index in [1.165, 1.54) is 0 Å². The van der Waals surface area contributed by atoms with Crippen molar-refractivity contribution in [1.29, 1.82) is 0 Å². The summed E-state index contributed by atoms with van der Waals surface area (Å²) in [6.07, 6.45) is 1.61. The molecule has 2 aromatic heterocycles. The zero-order chi connectivity index (χ0) is 13.4. The van der Waals surface area contributed by atoms with Gasteiger partial charge >= 0.3 is 0 Å².